The van der Waals surface area contributed by atoms with Crippen LogP contribution in [0.2, 0.25) is 0 Å². The van der Waals surface area contributed by atoms with Crippen LogP contribution in [0.5, 0.6) is 0 Å². The average Bonchev–Trinajstić information content (AvgIpc) is 3.21. The fraction of sp³-hybridized carbons (Fsp3) is 0.304. The molecule has 0 saturated heterocycles. The normalized spacial score (nSPS) is 15.5. The third-order valence-corrected chi connectivity index (χ3v) is 5.44. The Morgan fingerprint density at radius 3 is 2.79 bits per heavy atom. The van der Waals surface area contributed by atoms with Gasteiger partial charge in [0.2, 0.25) is 5.91 Å². The number of carbonyl (C=O) groups excluding carboxylic acids is 1. The predicted molar refractivity (Wildman–Crippen MR) is 109 cm³/mol. The number of imidazole rings is 1. The zero-order chi connectivity index (χ0) is 19.4. The Morgan fingerprint density at radius 1 is 1.14 bits per heavy atom. The minimum Gasteiger partial charge on any atom is -0.383 e. The zero-order valence-corrected chi connectivity index (χ0v) is 15.8. The number of nitrogens with zero attached hydrogens (tertiary/aromatic N) is 2. The molecule has 1 amide bonds. The fourth-order valence-electron chi connectivity index (χ4n) is 3.90. The van der Waals surface area contributed by atoms with Gasteiger partial charge in [0.25, 0.3) is 0 Å². The van der Waals surface area contributed by atoms with Gasteiger partial charge in [-0.05, 0) is 48.4 Å². The molecule has 4 rings (SSSR count). The molecule has 5 nitrogen and oxygen atoms in total. The first-order valence-electron chi connectivity index (χ1n) is 9.78. The summed E-state index contributed by atoms with van der Waals surface area (Å²) in [6, 6.07) is 16.3. The number of nitrogens with one attached hydrogen (secondary N) is 1. The van der Waals surface area contributed by atoms with E-state index in [0.29, 0.717) is 25.8 Å². The third-order valence-electron chi connectivity index (χ3n) is 5.44. The molecule has 5 heteroatoms. The Hall–Kier alpha value is -2.92. The lowest BCUT2D eigenvalue weighted by atomic mass is 9.85. The summed E-state index contributed by atoms with van der Waals surface area (Å²) in [5.41, 5.74) is 3.12. The monoisotopic (exact) mass is 375 g/mol. The maximum atomic E-state index is 11.7. The summed E-state index contributed by atoms with van der Waals surface area (Å²) in [6.07, 6.45) is 8.99. The molecule has 0 spiro atoms. The van der Waals surface area contributed by atoms with E-state index in [9.17, 15) is 9.90 Å². The summed E-state index contributed by atoms with van der Waals surface area (Å²) in [7, 11) is 0. The lowest BCUT2D eigenvalue weighted by molar-refractivity contribution is -0.116. The van der Waals surface area contributed by atoms with Crippen molar-refractivity contribution in [1.82, 2.24) is 9.55 Å². The second kappa shape index (κ2) is 7.98. The van der Waals surface area contributed by atoms with Gasteiger partial charge < -0.3 is 15.0 Å². The summed E-state index contributed by atoms with van der Waals surface area (Å²) < 4.78 is 1.92. The molecule has 1 aliphatic rings. The van der Waals surface area contributed by atoms with Crippen LogP contribution in [0.3, 0.4) is 0 Å². The van der Waals surface area contributed by atoms with Gasteiger partial charge in [-0.15, -0.1) is 0 Å². The summed E-state index contributed by atoms with van der Waals surface area (Å²) in [5, 5.41) is 14.6. The molecule has 1 aliphatic heterocycles. The molecule has 2 N–H and O–H groups in total. The Labute approximate surface area is 165 Å². The van der Waals surface area contributed by atoms with Crippen molar-refractivity contribution in [2.24, 2.45) is 0 Å². The number of anilines is 1. The molecule has 1 unspecified atom stereocenters. The number of benzene rings is 2. The SMILES string of the molecule is O=C1CCc2cc(C(O)(CCCc3ccccc3)Cn3ccnc3)ccc2N1. The molecule has 144 valence electrons. The molecular formula is C23H25N3O2. The second-order valence-corrected chi connectivity index (χ2v) is 7.53. The molecule has 1 aromatic heterocycles. The minimum absolute atomic E-state index is 0.0526. The lowest BCUT2D eigenvalue weighted by Crippen LogP contribution is -2.32. The summed E-state index contributed by atoms with van der Waals surface area (Å²) in [5.74, 6) is 0.0526. The van der Waals surface area contributed by atoms with Crippen LogP contribution >= 0.6 is 0 Å². The summed E-state index contributed by atoms with van der Waals surface area (Å²) >= 11 is 0. The van der Waals surface area contributed by atoms with Crippen LogP contribution in [0.1, 0.15) is 36.0 Å². The van der Waals surface area contributed by atoms with Gasteiger partial charge in [0.1, 0.15) is 5.60 Å². The van der Waals surface area contributed by atoms with Crippen molar-refractivity contribution in [3.63, 3.8) is 0 Å². The first-order chi connectivity index (χ1) is 13.6. The van der Waals surface area contributed by atoms with Crippen molar-refractivity contribution >= 4 is 11.6 Å². The van der Waals surface area contributed by atoms with Crippen LogP contribution in [0, 0.1) is 0 Å². The maximum Gasteiger partial charge on any atom is 0.224 e. The van der Waals surface area contributed by atoms with Crippen LogP contribution in [-0.4, -0.2) is 20.6 Å². The van der Waals surface area contributed by atoms with E-state index >= 15 is 0 Å². The van der Waals surface area contributed by atoms with Gasteiger partial charge in [-0.1, -0.05) is 42.5 Å². The van der Waals surface area contributed by atoms with E-state index in [4.69, 9.17) is 0 Å². The highest BCUT2D eigenvalue weighted by molar-refractivity contribution is 5.93. The largest absolute Gasteiger partial charge is 0.383 e. The van der Waals surface area contributed by atoms with Gasteiger partial charge in [-0.3, -0.25) is 4.79 Å². The molecule has 0 saturated carbocycles. The highest BCUT2D eigenvalue weighted by Gasteiger charge is 2.30. The van der Waals surface area contributed by atoms with E-state index in [-0.39, 0.29) is 5.91 Å². The fourth-order valence-corrected chi connectivity index (χ4v) is 3.90. The first-order valence-corrected chi connectivity index (χ1v) is 9.78. The zero-order valence-electron chi connectivity index (χ0n) is 15.8. The average molecular weight is 375 g/mol. The Morgan fingerprint density at radius 2 is 2.00 bits per heavy atom. The molecule has 3 aromatic rings. The van der Waals surface area contributed by atoms with Gasteiger partial charge >= 0.3 is 0 Å². The van der Waals surface area contributed by atoms with Crippen molar-refractivity contribution in [3.05, 3.63) is 83.9 Å². The van der Waals surface area contributed by atoms with Crippen LogP contribution in [-0.2, 0) is 29.8 Å². The molecule has 28 heavy (non-hydrogen) atoms. The van der Waals surface area contributed by atoms with E-state index in [1.807, 2.05) is 47.2 Å². The number of aromatic nitrogens is 2. The summed E-state index contributed by atoms with van der Waals surface area (Å²) in [4.78, 5) is 15.7. The number of aliphatic hydroxyl groups is 1. The van der Waals surface area contributed by atoms with Gasteiger partial charge in [-0.25, -0.2) is 4.98 Å². The molecule has 1 atom stereocenters. The van der Waals surface area contributed by atoms with E-state index < -0.39 is 5.60 Å². The highest BCUT2D eigenvalue weighted by Crippen LogP contribution is 2.33. The number of hydrogen-bond acceptors (Lipinski definition) is 3. The van der Waals surface area contributed by atoms with Gasteiger partial charge in [0, 0.05) is 24.5 Å². The molecular weight excluding hydrogens is 350 g/mol. The van der Waals surface area contributed by atoms with E-state index in [0.717, 1.165) is 29.7 Å². The molecule has 0 bridgehead atoms. The van der Waals surface area contributed by atoms with Crippen molar-refractivity contribution in [1.29, 1.82) is 0 Å². The van der Waals surface area contributed by atoms with Gasteiger partial charge in [0.05, 0.1) is 12.9 Å². The standard InChI is InChI=1S/C23H25N3O2/c27-22-11-8-19-15-20(9-10-21(19)25-22)23(28,16-26-14-13-24-17-26)12-4-7-18-5-2-1-3-6-18/h1-3,5-6,9-10,13-15,17,28H,4,7-8,11-12,16H2,(H,25,27). The van der Waals surface area contributed by atoms with Crippen LogP contribution < -0.4 is 5.32 Å². The molecule has 2 aromatic carbocycles. The summed E-state index contributed by atoms with van der Waals surface area (Å²) in [6.45, 7) is 0.451. The Balaban J connectivity index is 1.56. The van der Waals surface area contributed by atoms with Gasteiger partial charge in [-0.2, -0.15) is 0 Å². The van der Waals surface area contributed by atoms with Crippen molar-refractivity contribution in [2.45, 2.75) is 44.2 Å². The maximum absolute atomic E-state index is 11.7. The van der Waals surface area contributed by atoms with Crippen LogP contribution in [0.15, 0.2) is 67.3 Å². The number of hydrogen-bond donors (Lipinski definition) is 2. The number of rotatable bonds is 7. The number of aryl methyl sites for hydroxylation is 2. The third kappa shape index (κ3) is 4.15. The van der Waals surface area contributed by atoms with Crippen molar-refractivity contribution in [3.8, 4) is 0 Å². The Kier molecular flexibility index (Phi) is 5.26. The lowest BCUT2D eigenvalue weighted by Gasteiger charge is -2.31. The van der Waals surface area contributed by atoms with E-state index in [1.54, 1.807) is 12.5 Å². The smallest absolute Gasteiger partial charge is 0.224 e. The number of carbonyl (C=O) groups is 1. The van der Waals surface area contributed by atoms with E-state index in [2.05, 4.69) is 22.4 Å². The predicted octanol–water partition coefficient (Wildman–Crippen LogP) is 3.68. The minimum atomic E-state index is -0.994. The van der Waals surface area contributed by atoms with Crippen molar-refractivity contribution < 1.29 is 9.90 Å². The molecule has 2 heterocycles. The highest BCUT2D eigenvalue weighted by atomic mass is 16.3. The molecule has 0 fully saturated rings. The number of fused-ring (bicyclic) bond motifs is 1. The molecule has 0 aliphatic carbocycles. The van der Waals surface area contributed by atoms with Gasteiger partial charge in [0.15, 0.2) is 0 Å². The topological polar surface area (TPSA) is 67.1 Å². The van der Waals surface area contributed by atoms with Crippen LogP contribution in [0.4, 0.5) is 5.69 Å². The number of amides is 1. The first kappa shape index (κ1) is 18.4. The quantitative estimate of drug-likeness (QED) is 0.662. The van der Waals surface area contributed by atoms with Crippen molar-refractivity contribution in [2.75, 3.05) is 5.32 Å². The van der Waals surface area contributed by atoms with Crippen LogP contribution in [0.25, 0.3) is 0 Å². The van der Waals surface area contributed by atoms with E-state index in [1.165, 1.54) is 5.56 Å². The molecule has 0 radical (unpaired) electrons. The Bertz CT molecular complexity index is 938. The second-order valence-electron chi connectivity index (χ2n) is 7.53.